The normalized spacial score (nSPS) is 23.3. The van der Waals surface area contributed by atoms with Gasteiger partial charge in [0, 0.05) is 37.4 Å². The first kappa shape index (κ1) is 28.8. The molecule has 11 heteroatoms. The van der Waals surface area contributed by atoms with E-state index >= 15 is 8.78 Å². The number of aliphatic hydroxyl groups excluding tert-OH is 1. The molecule has 0 spiro atoms. The van der Waals surface area contributed by atoms with Crippen LogP contribution in [0.4, 0.5) is 14.6 Å². The minimum atomic E-state index is -0.700. The fourth-order valence-corrected chi connectivity index (χ4v) is 8.18. The molecule has 2 unspecified atom stereocenters. The van der Waals surface area contributed by atoms with Crippen molar-refractivity contribution in [2.75, 3.05) is 50.9 Å². The summed E-state index contributed by atoms with van der Waals surface area (Å²) in [5.41, 5.74) is 0.639. The molecule has 2 aromatic carbocycles. The van der Waals surface area contributed by atoms with Crippen molar-refractivity contribution in [3.8, 4) is 23.0 Å². The number of aromatic hydroxyl groups is 1. The van der Waals surface area contributed by atoms with Gasteiger partial charge in [-0.25, -0.2) is 8.78 Å². The topological polar surface area (TPSA) is 104 Å². The van der Waals surface area contributed by atoms with Crippen LogP contribution in [0.15, 0.2) is 30.5 Å². The number of aromatic nitrogens is 3. The number of fused-ring (bicyclic) bond motifs is 6. The highest BCUT2D eigenvalue weighted by atomic mass is 19.1. The molecule has 6 bridgehead atoms. The number of hydrogen-bond donors (Lipinski definition) is 2. The number of benzene rings is 2. The average Bonchev–Trinajstić information content (AvgIpc) is 3.61. The van der Waals surface area contributed by atoms with E-state index in [2.05, 4.69) is 14.9 Å². The first-order valence-corrected chi connectivity index (χ1v) is 16.1. The van der Waals surface area contributed by atoms with Crippen LogP contribution in [0.3, 0.4) is 0 Å². The second-order valence-electron chi connectivity index (χ2n) is 13.2. The van der Waals surface area contributed by atoms with E-state index in [9.17, 15) is 10.2 Å². The number of piperidine rings is 1. The minimum Gasteiger partial charge on any atom is -0.508 e. The van der Waals surface area contributed by atoms with Gasteiger partial charge in [-0.1, -0.05) is 6.07 Å². The van der Waals surface area contributed by atoms with E-state index in [4.69, 9.17) is 14.5 Å². The standard InChI is InChI=1S/C34H37F2N5O4/c35-27-6-5-21-13-22(42)14-25-28(21)24(27)4-1-11-44-18-20-12-23(43)17-40(16-20)32-26-15-37-30(25)29(36)31(26)38-33(39-32)45-19-34-7-2-9-41(34)10-3-8-34/h5-6,13-15,20,23,42-43H,1-4,7-12,16-19H2. The van der Waals surface area contributed by atoms with Gasteiger partial charge >= 0.3 is 6.01 Å². The Morgan fingerprint density at radius 3 is 2.76 bits per heavy atom. The maximum atomic E-state index is 16.9. The number of phenolic OH excluding ortho intramolecular Hbond substituents is 1. The van der Waals surface area contributed by atoms with E-state index in [0.717, 1.165) is 38.8 Å². The number of ether oxygens (including phenoxy) is 2. The third-order valence-electron chi connectivity index (χ3n) is 10.2. The molecule has 2 atom stereocenters. The highest BCUT2D eigenvalue weighted by molar-refractivity contribution is 6.01. The molecule has 7 heterocycles. The van der Waals surface area contributed by atoms with Crippen molar-refractivity contribution in [2.45, 2.75) is 56.6 Å². The Morgan fingerprint density at radius 2 is 1.91 bits per heavy atom. The van der Waals surface area contributed by atoms with Crippen LogP contribution < -0.4 is 9.64 Å². The summed E-state index contributed by atoms with van der Waals surface area (Å²) in [6.07, 6.45) is 6.71. The van der Waals surface area contributed by atoms with Crippen LogP contribution in [-0.2, 0) is 11.2 Å². The smallest absolute Gasteiger partial charge is 0.319 e. The second kappa shape index (κ2) is 11.3. The summed E-state index contributed by atoms with van der Waals surface area (Å²) >= 11 is 0. The van der Waals surface area contributed by atoms with Gasteiger partial charge in [0.2, 0.25) is 0 Å². The van der Waals surface area contributed by atoms with Crippen LogP contribution in [0.2, 0.25) is 0 Å². The van der Waals surface area contributed by atoms with E-state index in [1.54, 1.807) is 12.1 Å². The lowest BCUT2D eigenvalue weighted by Gasteiger charge is -2.37. The maximum Gasteiger partial charge on any atom is 0.319 e. The number of anilines is 1. The number of rotatable bonds is 3. The van der Waals surface area contributed by atoms with E-state index in [1.165, 1.54) is 18.3 Å². The zero-order valence-corrected chi connectivity index (χ0v) is 25.1. The summed E-state index contributed by atoms with van der Waals surface area (Å²) < 4.78 is 44.6. The molecular weight excluding hydrogens is 580 g/mol. The first-order chi connectivity index (χ1) is 21.9. The molecule has 0 saturated carbocycles. The van der Waals surface area contributed by atoms with Crippen LogP contribution in [-0.4, -0.2) is 87.7 Å². The van der Waals surface area contributed by atoms with E-state index in [0.29, 0.717) is 79.7 Å². The molecule has 0 aliphatic carbocycles. The van der Waals surface area contributed by atoms with E-state index in [1.807, 2.05) is 4.90 Å². The molecule has 9 rings (SSSR count). The van der Waals surface area contributed by atoms with Gasteiger partial charge in [-0.2, -0.15) is 9.97 Å². The molecule has 236 valence electrons. The molecule has 3 saturated heterocycles. The fourth-order valence-electron chi connectivity index (χ4n) is 8.18. The molecule has 4 aromatic rings. The molecule has 2 N–H and O–H groups in total. The van der Waals surface area contributed by atoms with Crippen molar-refractivity contribution in [2.24, 2.45) is 5.92 Å². The van der Waals surface area contributed by atoms with Crippen LogP contribution >= 0.6 is 0 Å². The SMILES string of the molecule is Oc1cc2c3c(c(F)ccc3c1)CCCOCC1CC(O)CN(C1)c1nc(OCC34CCCN3CCC4)nc3c(F)c-2ncc13. The van der Waals surface area contributed by atoms with Gasteiger partial charge in [-0.3, -0.25) is 9.88 Å². The summed E-state index contributed by atoms with van der Waals surface area (Å²) in [6.45, 7) is 4.21. The minimum absolute atomic E-state index is 0.0152. The molecule has 5 aliphatic heterocycles. The van der Waals surface area contributed by atoms with Gasteiger partial charge in [0.05, 0.1) is 23.6 Å². The predicted octanol–water partition coefficient (Wildman–Crippen LogP) is 4.99. The van der Waals surface area contributed by atoms with Gasteiger partial charge in [-0.05, 0) is 92.6 Å². The molecule has 9 nitrogen and oxygen atoms in total. The maximum absolute atomic E-state index is 16.9. The quantitative estimate of drug-likeness (QED) is 0.329. The Labute approximate surface area is 259 Å². The van der Waals surface area contributed by atoms with Crippen molar-refractivity contribution in [1.82, 2.24) is 19.9 Å². The Bertz CT molecular complexity index is 1780. The van der Waals surface area contributed by atoms with Crippen molar-refractivity contribution < 1.29 is 28.5 Å². The largest absolute Gasteiger partial charge is 0.508 e. The lowest BCUT2D eigenvalue weighted by atomic mass is 9.93. The summed E-state index contributed by atoms with van der Waals surface area (Å²) in [4.78, 5) is 18.4. The van der Waals surface area contributed by atoms with Crippen LogP contribution in [0.5, 0.6) is 11.8 Å². The molecule has 3 fully saturated rings. The van der Waals surface area contributed by atoms with Gasteiger partial charge in [0.15, 0.2) is 5.82 Å². The van der Waals surface area contributed by atoms with Gasteiger partial charge < -0.3 is 24.6 Å². The molecular formula is C34H37F2N5O4. The Morgan fingerprint density at radius 1 is 1.07 bits per heavy atom. The van der Waals surface area contributed by atoms with Crippen molar-refractivity contribution >= 4 is 27.5 Å². The highest BCUT2D eigenvalue weighted by Crippen LogP contribution is 2.41. The zero-order valence-electron chi connectivity index (χ0n) is 25.1. The number of halogens is 2. The highest BCUT2D eigenvalue weighted by Gasteiger charge is 2.45. The Kier molecular flexibility index (Phi) is 7.22. The lowest BCUT2D eigenvalue weighted by molar-refractivity contribution is 0.0569. The van der Waals surface area contributed by atoms with Crippen LogP contribution in [0, 0.1) is 17.6 Å². The summed E-state index contributed by atoms with van der Waals surface area (Å²) in [6, 6.07) is 6.02. The molecule has 5 aliphatic rings. The Balaban J connectivity index is 1.32. The van der Waals surface area contributed by atoms with Crippen molar-refractivity contribution in [1.29, 1.82) is 0 Å². The Hall–Kier alpha value is -3.67. The fraction of sp³-hybridized carbons (Fsp3) is 0.500. The lowest BCUT2D eigenvalue weighted by Crippen LogP contribution is -2.45. The van der Waals surface area contributed by atoms with Gasteiger partial charge in [-0.15, -0.1) is 0 Å². The second-order valence-corrected chi connectivity index (χ2v) is 13.2. The predicted molar refractivity (Wildman–Crippen MR) is 166 cm³/mol. The van der Waals surface area contributed by atoms with Crippen LogP contribution in [0.1, 0.15) is 44.1 Å². The number of phenols is 1. The van der Waals surface area contributed by atoms with Gasteiger partial charge in [0.25, 0.3) is 0 Å². The summed E-state index contributed by atoms with van der Waals surface area (Å²) in [7, 11) is 0. The third kappa shape index (κ3) is 5.05. The number of aliphatic hydroxyl groups is 1. The average molecular weight is 618 g/mol. The number of pyridine rings is 1. The number of nitrogens with zero attached hydrogens (tertiary/aromatic N) is 5. The molecule has 2 aromatic heterocycles. The number of aryl methyl sites for hydroxylation is 1. The zero-order chi connectivity index (χ0) is 30.7. The van der Waals surface area contributed by atoms with Gasteiger partial charge in [0.1, 0.15) is 35.2 Å². The molecule has 0 radical (unpaired) electrons. The number of hydrogen-bond acceptors (Lipinski definition) is 9. The van der Waals surface area contributed by atoms with E-state index < -0.39 is 17.7 Å². The van der Waals surface area contributed by atoms with E-state index in [-0.39, 0.29) is 40.0 Å². The van der Waals surface area contributed by atoms with Crippen molar-refractivity contribution in [3.63, 3.8) is 0 Å². The molecule has 45 heavy (non-hydrogen) atoms. The third-order valence-corrected chi connectivity index (χ3v) is 10.2. The summed E-state index contributed by atoms with van der Waals surface area (Å²) in [5.74, 6) is -0.721. The van der Waals surface area contributed by atoms with Crippen LogP contribution in [0.25, 0.3) is 32.9 Å². The first-order valence-electron chi connectivity index (χ1n) is 16.1. The monoisotopic (exact) mass is 617 g/mol. The summed E-state index contributed by atoms with van der Waals surface area (Å²) in [5, 5.41) is 23.0. The van der Waals surface area contributed by atoms with Crippen molar-refractivity contribution in [3.05, 3.63) is 47.7 Å². The molecule has 0 amide bonds.